The summed E-state index contributed by atoms with van der Waals surface area (Å²) >= 11 is 13.6. The van der Waals surface area contributed by atoms with Crippen molar-refractivity contribution in [2.45, 2.75) is 60.1 Å². The Morgan fingerprint density at radius 2 is 1.61 bits per heavy atom. The van der Waals surface area contributed by atoms with Crippen molar-refractivity contribution in [2.75, 3.05) is 25.2 Å². The number of carbonyl (C=O) groups is 2. The third-order valence-electron chi connectivity index (χ3n) is 11.6. The average molecular weight is 833 g/mol. The maximum atomic E-state index is 15.4. The van der Waals surface area contributed by atoms with Crippen molar-refractivity contribution in [1.29, 1.82) is 0 Å². The Kier molecular flexibility index (Phi) is 10.7. The first kappa shape index (κ1) is 40.1. The highest BCUT2D eigenvalue weighted by molar-refractivity contribution is 6.35. The number of nitrogens with zero attached hydrogens (tertiary/aromatic N) is 5. The van der Waals surface area contributed by atoms with E-state index in [1.54, 1.807) is 10.6 Å². The molecule has 3 aromatic heterocycles. The van der Waals surface area contributed by atoms with Gasteiger partial charge in [-0.3, -0.25) is 9.48 Å². The predicted octanol–water partition coefficient (Wildman–Crippen LogP) is 10.7. The standard InChI is InChI=1S/C47H47Cl2N5O5/c1-26-21-32(22-27(2)42(26)49)58-20-12-15-33-34-16-17-36(48)41(40-29(4)50-52(7)30(40)5)44(34)54-28(3)24-53(46(55)45(33)54)37-18-19-39(59-25-31-13-10-9-11-14-31)43-35(37)23-38(51(43)6)47(56)57-8/h9-11,13-14,16-19,21-23,28H,12,15,20,24-25H2,1-8H3/t28-/m1/s1. The van der Waals surface area contributed by atoms with Crippen LogP contribution >= 0.6 is 23.2 Å². The van der Waals surface area contributed by atoms with E-state index in [0.717, 1.165) is 66.4 Å². The van der Waals surface area contributed by atoms with Crippen LogP contribution in [-0.2, 0) is 31.9 Å². The molecule has 0 bridgehead atoms. The van der Waals surface area contributed by atoms with Gasteiger partial charge in [0.2, 0.25) is 0 Å². The van der Waals surface area contributed by atoms with Crippen LogP contribution < -0.4 is 14.4 Å². The van der Waals surface area contributed by atoms with Crippen LogP contribution in [0.5, 0.6) is 11.5 Å². The number of halogens is 2. The highest BCUT2D eigenvalue weighted by atomic mass is 35.5. The van der Waals surface area contributed by atoms with E-state index in [2.05, 4.69) is 11.5 Å². The summed E-state index contributed by atoms with van der Waals surface area (Å²) in [5.74, 6) is 0.713. The summed E-state index contributed by atoms with van der Waals surface area (Å²) in [4.78, 5) is 30.3. The van der Waals surface area contributed by atoms with Gasteiger partial charge in [0.25, 0.3) is 5.91 Å². The van der Waals surface area contributed by atoms with E-state index in [0.29, 0.717) is 71.4 Å². The molecule has 4 aromatic carbocycles. The van der Waals surface area contributed by atoms with Gasteiger partial charge in [0.05, 0.1) is 41.2 Å². The Hall–Kier alpha value is -5.71. The molecular formula is C47H47Cl2N5O5. The molecule has 1 aliphatic rings. The Morgan fingerprint density at radius 1 is 0.881 bits per heavy atom. The van der Waals surface area contributed by atoms with E-state index in [9.17, 15) is 4.79 Å². The minimum Gasteiger partial charge on any atom is -0.494 e. The van der Waals surface area contributed by atoms with Gasteiger partial charge in [0.15, 0.2) is 0 Å². The fraction of sp³-hybridized carbons (Fsp3) is 0.298. The van der Waals surface area contributed by atoms with Gasteiger partial charge in [-0.05, 0) is 106 Å². The average Bonchev–Trinajstić information content (AvgIpc) is 3.84. The lowest BCUT2D eigenvalue weighted by molar-refractivity contribution is 0.0590. The first-order valence-electron chi connectivity index (χ1n) is 19.7. The van der Waals surface area contributed by atoms with Crippen molar-refractivity contribution in [3.63, 3.8) is 0 Å². The number of ether oxygens (including phenoxy) is 3. The number of benzene rings is 4. The second-order valence-corrected chi connectivity index (χ2v) is 16.3. The smallest absolute Gasteiger partial charge is 0.354 e. The molecule has 59 heavy (non-hydrogen) atoms. The molecule has 7 aromatic rings. The van der Waals surface area contributed by atoms with E-state index in [1.807, 2.05) is 118 Å². The Bertz CT molecular complexity index is 2780. The first-order chi connectivity index (χ1) is 28.3. The lowest BCUT2D eigenvalue weighted by Gasteiger charge is -2.35. The maximum Gasteiger partial charge on any atom is 0.354 e. The minimum atomic E-state index is -0.485. The van der Waals surface area contributed by atoms with Crippen LogP contribution in [-0.4, -0.2) is 51.1 Å². The molecule has 0 N–H and O–H groups in total. The second-order valence-electron chi connectivity index (χ2n) is 15.5. The van der Waals surface area contributed by atoms with Gasteiger partial charge in [-0.1, -0.05) is 59.6 Å². The summed E-state index contributed by atoms with van der Waals surface area (Å²) in [5.41, 5.74) is 10.7. The van der Waals surface area contributed by atoms with E-state index >= 15 is 4.79 Å². The molecule has 12 heteroatoms. The minimum absolute atomic E-state index is 0.149. The molecule has 10 nitrogen and oxygen atoms in total. The lowest BCUT2D eigenvalue weighted by Crippen LogP contribution is -2.42. The third-order valence-corrected chi connectivity index (χ3v) is 12.5. The number of carbonyl (C=O) groups excluding carboxylic acids is 2. The number of methoxy groups -OCH3 is 1. The van der Waals surface area contributed by atoms with Gasteiger partial charge in [-0.2, -0.15) is 5.10 Å². The molecule has 0 unspecified atom stereocenters. The number of aryl methyl sites for hydroxylation is 6. The number of amides is 1. The Balaban J connectivity index is 1.26. The fourth-order valence-corrected chi connectivity index (χ4v) is 9.10. The normalized spacial score (nSPS) is 14.0. The van der Waals surface area contributed by atoms with Crippen molar-refractivity contribution in [3.05, 3.63) is 128 Å². The van der Waals surface area contributed by atoms with E-state index in [1.165, 1.54) is 7.11 Å². The molecule has 0 radical (unpaired) electrons. The second kappa shape index (κ2) is 15.8. The molecule has 1 aliphatic heterocycles. The molecule has 0 saturated heterocycles. The Labute approximate surface area is 353 Å². The SMILES string of the molecule is COC(=O)c1cc2c(N3C[C@@H](C)n4c(c(CCCOc5cc(C)c(Cl)c(C)c5)c5ccc(Cl)c(-c6c(C)nn(C)c6C)c54)C3=O)ccc(OCc3ccccc3)c2n1C. The maximum absolute atomic E-state index is 15.4. The van der Waals surface area contributed by atoms with Crippen molar-refractivity contribution >= 4 is 62.6 Å². The molecule has 4 heterocycles. The molecular weight excluding hydrogens is 785 g/mol. The quantitative estimate of drug-likeness (QED) is 0.0952. The van der Waals surface area contributed by atoms with Crippen molar-refractivity contribution in [1.82, 2.24) is 18.9 Å². The molecule has 0 saturated carbocycles. The van der Waals surface area contributed by atoms with E-state index < -0.39 is 5.97 Å². The summed E-state index contributed by atoms with van der Waals surface area (Å²) in [6, 6.07) is 23.2. The van der Waals surface area contributed by atoms with Gasteiger partial charge in [0, 0.05) is 59.3 Å². The number of rotatable bonds is 11. The lowest BCUT2D eigenvalue weighted by atomic mass is 9.98. The summed E-state index contributed by atoms with van der Waals surface area (Å²) in [6.07, 6.45) is 1.22. The number of hydrogen-bond donors (Lipinski definition) is 0. The monoisotopic (exact) mass is 831 g/mol. The zero-order valence-electron chi connectivity index (χ0n) is 34.6. The van der Waals surface area contributed by atoms with Crippen molar-refractivity contribution in [2.24, 2.45) is 14.1 Å². The van der Waals surface area contributed by atoms with Crippen LogP contribution in [0.3, 0.4) is 0 Å². The largest absolute Gasteiger partial charge is 0.494 e. The third kappa shape index (κ3) is 6.92. The van der Waals surface area contributed by atoms with Crippen LogP contribution in [0.25, 0.3) is 32.9 Å². The van der Waals surface area contributed by atoms with Gasteiger partial charge < -0.3 is 28.2 Å². The van der Waals surface area contributed by atoms with Gasteiger partial charge in [-0.25, -0.2) is 4.79 Å². The zero-order valence-corrected chi connectivity index (χ0v) is 36.1. The van der Waals surface area contributed by atoms with Crippen LogP contribution in [0.2, 0.25) is 10.0 Å². The predicted molar refractivity (Wildman–Crippen MR) is 235 cm³/mol. The summed E-state index contributed by atoms with van der Waals surface area (Å²) in [7, 11) is 5.11. The van der Waals surface area contributed by atoms with E-state index in [4.69, 9.17) is 42.5 Å². The van der Waals surface area contributed by atoms with Crippen LogP contribution in [0.1, 0.15) is 74.0 Å². The van der Waals surface area contributed by atoms with Gasteiger partial charge in [0.1, 0.15) is 29.5 Å². The van der Waals surface area contributed by atoms with E-state index in [-0.39, 0.29) is 11.9 Å². The van der Waals surface area contributed by atoms with Crippen LogP contribution in [0.4, 0.5) is 5.69 Å². The van der Waals surface area contributed by atoms with Gasteiger partial charge >= 0.3 is 5.97 Å². The topological polar surface area (TPSA) is 92.8 Å². The molecule has 1 atom stereocenters. The number of hydrogen-bond acceptors (Lipinski definition) is 6. The number of esters is 1. The highest BCUT2D eigenvalue weighted by Gasteiger charge is 2.38. The van der Waals surface area contributed by atoms with Gasteiger partial charge in [-0.15, -0.1) is 0 Å². The molecule has 304 valence electrons. The molecule has 0 aliphatic carbocycles. The summed E-state index contributed by atoms with van der Waals surface area (Å²) < 4.78 is 23.7. The molecule has 1 amide bonds. The van der Waals surface area contributed by atoms with Crippen LogP contribution in [0.15, 0.2) is 72.8 Å². The van der Waals surface area contributed by atoms with Crippen LogP contribution in [0, 0.1) is 27.7 Å². The Morgan fingerprint density at radius 3 is 2.29 bits per heavy atom. The van der Waals surface area contributed by atoms with Crippen molar-refractivity contribution in [3.8, 4) is 22.6 Å². The number of anilines is 1. The molecule has 8 rings (SSSR count). The number of aromatic nitrogens is 4. The first-order valence-corrected chi connectivity index (χ1v) is 20.5. The van der Waals surface area contributed by atoms with Crippen molar-refractivity contribution < 1.29 is 23.8 Å². The molecule has 0 spiro atoms. The number of fused-ring (bicyclic) bond motifs is 4. The summed E-state index contributed by atoms with van der Waals surface area (Å²) in [5, 5.41) is 7.74. The highest BCUT2D eigenvalue weighted by Crippen LogP contribution is 2.46. The zero-order chi connectivity index (χ0) is 41.9. The molecule has 0 fully saturated rings. The fourth-order valence-electron chi connectivity index (χ4n) is 8.74. The summed E-state index contributed by atoms with van der Waals surface area (Å²) in [6.45, 7) is 11.2.